The number of hydrogen-bond donors (Lipinski definition) is 2. The van der Waals surface area contributed by atoms with Gasteiger partial charge in [0.15, 0.2) is 0 Å². The highest BCUT2D eigenvalue weighted by Gasteiger charge is 2.19. The zero-order valence-corrected chi connectivity index (χ0v) is 18.7. The van der Waals surface area contributed by atoms with E-state index in [4.69, 9.17) is 0 Å². The number of aromatic nitrogens is 4. The largest absolute Gasteiger partial charge is 0.371 e. The number of rotatable bonds is 8. The van der Waals surface area contributed by atoms with Gasteiger partial charge in [-0.2, -0.15) is 0 Å². The minimum Gasteiger partial charge on any atom is -0.371 e. The van der Waals surface area contributed by atoms with E-state index in [0.717, 1.165) is 17.1 Å². The van der Waals surface area contributed by atoms with Crippen molar-refractivity contribution in [3.05, 3.63) is 106 Å². The molecule has 0 aliphatic heterocycles. The molecule has 1 unspecified atom stereocenters. The van der Waals surface area contributed by atoms with E-state index in [9.17, 15) is 14.9 Å². The van der Waals surface area contributed by atoms with Gasteiger partial charge < -0.3 is 10.6 Å². The maximum Gasteiger partial charge on any atom is 0.293 e. The van der Waals surface area contributed by atoms with Crippen molar-refractivity contribution in [3.63, 3.8) is 0 Å². The Morgan fingerprint density at radius 1 is 1.09 bits per heavy atom. The minimum atomic E-state index is -0.507. The third-order valence-electron chi connectivity index (χ3n) is 5.30. The Balaban J connectivity index is 1.47. The van der Waals surface area contributed by atoms with E-state index in [1.165, 1.54) is 6.07 Å². The molecule has 0 aliphatic carbocycles. The van der Waals surface area contributed by atoms with Gasteiger partial charge in [0.25, 0.3) is 11.6 Å². The average molecular weight is 457 g/mol. The normalized spacial score (nSPS) is 11.6. The third-order valence-corrected chi connectivity index (χ3v) is 5.30. The van der Waals surface area contributed by atoms with Gasteiger partial charge in [0.05, 0.1) is 16.7 Å². The summed E-state index contributed by atoms with van der Waals surface area (Å²) in [6, 6.07) is 13.3. The van der Waals surface area contributed by atoms with Crippen molar-refractivity contribution in [1.29, 1.82) is 0 Å². The number of imidazole rings is 1. The molecule has 2 N–H and O–H groups in total. The Kier molecular flexibility index (Phi) is 6.58. The second kappa shape index (κ2) is 9.90. The summed E-state index contributed by atoms with van der Waals surface area (Å²) in [5.74, 6) is 1.08. The number of aryl methyl sites for hydroxylation is 1. The lowest BCUT2D eigenvalue weighted by molar-refractivity contribution is -0.384. The first-order chi connectivity index (χ1) is 16.4. The Labute approximate surface area is 195 Å². The number of benzene rings is 1. The summed E-state index contributed by atoms with van der Waals surface area (Å²) in [5.41, 5.74) is 1.92. The summed E-state index contributed by atoms with van der Waals surface area (Å²) >= 11 is 0. The average Bonchev–Trinajstić information content (AvgIpc) is 3.29. The van der Waals surface area contributed by atoms with E-state index in [2.05, 4.69) is 25.6 Å². The summed E-state index contributed by atoms with van der Waals surface area (Å²) in [5, 5.41) is 17.6. The molecule has 1 aromatic carbocycles. The van der Waals surface area contributed by atoms with Crippen LogP contribution in [0.15, 0.2) is 73.3 Å². The molecule has 0 saturated heterocycles. The molecule has 0 aliphatic rings. The Bertz CT molecular complexity index is 1320. The first-order valence-electron chi connectivity index (χ1n) is 10.6. The number of pyridine rings is 2. The fraction of sp³-hybridized carbons (Fsp3) is 0.167. The molecule has 0 fully saturated rings. The van der Waals surface area contributed by atoms with Crippen molar-refractivity contribution in [1.82, 2.24) is 24.8 Å². The van der Waals surface area contributed by atoms with Gasteiger partial charge >= 0.3 is 0 Å². The molecule has 10 heteroatoms. The highest BCUT2D eigenvalue weighted by atomic mass is 16.6. The molecule has 172 valence electrons. The standard InChI is InChI=1S/C24H23N7O3/c1-16(20-5-3-4-9-26-20)29-21-7-6-19(14-22(21)31(33)34)24(32)28-15-18-8-10-27-23(13-18)30-12-11-25-17(30)2/h3-14,16,29H,15H2,1-2H3,(H,28,32). The lowest BCUT2D eigenvalue weighted by Crippen LogP contribution is -2.23. The van der Waals surface area contributed by atoms with E-state index < -0.39 is 10.8 Å². The van der Waals surface area contributed by atoms with Crippen molar-refractivity contribution < 1.29 is 9.72 Å². The summed E-state index contributed by atoms with van der Waals surface area (Å²) in [6.07, 6.45) is 6.82. The minimum absolute atomic E-state index is 0.183. The van der Waals surface area contributed by atoms with Crippen LogP contribution in [0.1, 0.15) is 40.4 Å². The molecule has 0 radical (unpaired) electrons. The number of nitrogens with zero attached hydrogens (tertiary/aromatic N) is 5. The van der Waals surface area contributed by atoms with Gasteiger partial charge in [-0.05, 0) is 55.8 Å². The zero-order valence-electron chi connectivity index (χ0n) is 18.7. The molecular formula is C24H23N7O3. The number of amides is 1. The first-order valence-corrected chi connectivity index (χ1v) is 10.6. The van der Waals surface area contributed by atoms with Crippen LogP contribution in [0.3, 0.4) is 0 Å². The van der Waals surface area contributed by atoms with Crippen molar-refractivity contribution in [2.24, 2.45) is 0 Å². The van der Waals surface area contributed by atoms with Gasteiger partial charge in [0.1, 0.15) is 17.3 Å². The van der Waals surface area contributed by atoms with Gasteiger partial charge in [-0.1, -0.05) is 6.07 Å². The molecule has 3 heterocycles. The fourth-order valence-corrected chi connectivity index (χ4v) is 3.49. The Hall–Kier alpha value is -4.60. The molecule has 1 amide bonds. The van der Waals surface area contributed by atoms with Gasteiger partial charge in [0.2, 0.25) is 0 Å². The van der Waals surface area contributed by atoms with Gasteiger partial charge in [-0.3, -0.25) is 24.5 Å². The van der Waals surface area contributed by atoms with Crippen LogP contribution in [-0.2, 0) is 6.54 Å². The number of hydrogen-bond acceptors (Lipinski definition) is 7. The predicted octanol–water partition coefficient (Wildman–Crippen LogP) is 3.98. The molecule has 10 nitrogen and oxygen atoms in total. The van der Waals surface area contributed by atoms with Crippen LogP contribution in [0.2, 0.25) is 0 Å². The van der Waals surface area contributed by atoms with E-state index in [-0.39, 0.29) is 23.8 Å². The lowest BCUT2D eigenvalue weighted by Gasteiger charge is -2.15. The molecule has 0 bridgehead atoms. The third kappa shape index (κ3) is 5.07. The van der Waals surface area contributed by atoms with Crippen molar-refractivity contribution >= 4 is 17.3 Å². The summed E-state index contributed by atoms with van der Waals surface area (Å²) in [6.45, 7) is 3.98. The van der Waals surface area contributed by atoms with E-state index >= 15 is 0 Å². The van der Waals surface area contributed by atoms with Crippen molar-refractivity contribution in [3.8, 4) is 5.82 Å². The SMILES string of the molecule is Cc1nccn1-c1cc(CNC(=O)c2ccc(NC(C)c3ccccn3)c([N+](=O)[O-])c2)ccn1. The van der Waals surface area contributed by atoms with Crippen LogP contribution < -0.4 is 10.6 Å². The van der Waals surface area contributed by atoms with Crippen LogP contribution in [0, 0.1) is 17.0 Å². The molecule has 0 spiro atoms. The molecule has 3 aromatic heterocycles. The first kappa shape index (κ1) is 22.6. The molecule has 1 atom stereocenters. The molecule has 4 rings (SSSR count). The second-order valence-electron chi connectivity index (χ2n) is 7.66. The highest BCUT2D eigenvalue weighted by molar-refractivity contribution is 5.95. The molecule has 34 heavy (non-hydrogen) atoms. The van der Waals surface area contributed by atoms with E-state index in [0.29, 0.717) is 11.5 Å². The van der Waals surface area contributed by atoms with Crippen LogP contribution in [0.25, 0.3) is 5.82 Å². The van der Waals surface area contributed by atoms with Gasteiger partial charge in [-0.25, -0.2) is 9.97 Å². The van der Waals surface area contributed by atoms with E-state index in [1.807, 2.05) is 42.8 Å². The maximum absolute atomic E-state index is 12.7. The predicted molar refractivity (Wildman–Crippen MR) is 127 cm³/mol. The smallest absolute Gasteiger partial charge is 0.293 e. The topological polar surface area (TPSA) is 128 Å². The van der Waals surface area contributed by atoms with Gasteiger partial charge in [-0.15, -0.1) is 0 Å². The number of carbonyl (C=O) groups is 1. The number of anilines is 1. The zero-order chi connectivity index (χ0) is 24.1. The van der Waals surface area contributed by atoms with E-state index in [1.54, 1.807) is 42.9 Å². The van der Waals surface area contributed by atoms with Crippen molar-refractivity contribution in [2.45, 2.75) is 26.4 Å². The lowest BCUT2D eigenvalue weighted by atomic mass is 10.1. The summed E-state index contributed by atoms with van der Waals surface area (Å²) in [4.78, 5) is 36.7. The van der Waals surface area contributed by atoms with Crippen LogP contribution in [0.5, 0.6) is 0 Å². The summed E-state index contributed by atoms with van der Waals surface area (Å²) < 4.78 is 1.84. The van der Waals surface area contributed by atoms with Crippen molar-refractivity contribution in [2.75, 3.05) is 5.32 Å². The maximum atomic E-state index is 12.7. The molecule has 4 aromatic rings. The number of carbonyl (C=O) groups excluding carboxylic acids is 1. The quantitative estimate of drug-likeness (QED) is 0.302. The number of nitrogens with one attached hydrogen (secondary N) is 2. The summed E-state index contributed by atoms with van der Waals surface area (Å²) in [7, 11) is 0. The number of nitro groups is 1. The molecular weight excluding hydrogens is 434 g/mol. The fourth-order valence-electron chi connectivity index (χ4n) is 3.49. The Morgan fingerprint density at radius 3 is 2.65 bits per heavy atom. The highest BCUT2D eigenvalue weighted by Crippen LogP contribution is 2.29. The van der Waals surface area contributed by atoms with Crippen LogP contribution in [0.4, 0.5) is 11.4 Å². The molecule has 0 saturated carbocycles. The monoisotopic (exact) mass is 457 g/mol. The second-order valence-corrected chi connectivity index (χ2v) is 7.66. The number of nitro benzene ring substituents is 1. The van der Waals surface area contributed by atoms with Crippen LogP contribution in [-0.4, -0.2) is 30.3 Å². The van der Waals surface area contributed by atoms with Gasteiger partial charge in [0, 0.05) is 43.0 Å². The van der Waals surface area contributed by atoms with Crippen LogP contribution >= 0.6 is 0 Å². The Morgan fingerprint density at radius 2 is 1.94 bits per heavy atom.